The molecule has 0 aliphatic carbocycles. The molecule has 6 N–H and O–H groups in total. The van der Waals surface area contributed by atoms with Crippen molar-refractivity contribution in [3.05, 3.63) is 0 Å². The molecule has 0 saturated carbocycles. The average Bonchev–Trinajstić information content (AvgIpc) is 2.68. The predicted octanol–water partition coefficient (Wildman–Crippen LogP) is -1.49. The number of nitrogens with two attached hydrogens (primary N) is 1. The number of rotatable bonds is 15. The molecule has 0 heterocycles. The van der Waals surface area contributed by atoms with Gasteiger partial charge in [-0.1, -0.05) is 6.92 Å². The van der Waals surface area contributed by atoms with Crippen molar-refractivity contribution < 1.29 is 43.7 Å². The maximum atomic E-state index is 12.1. The first-order valence-electron chi connectivity index (χ1n) is 9.06. The van der Waals surface area contributed by atoms with E-state index in [1.54, 1.807) is 13.8 Å². The van der Waals surface area contributed by atoms with E-state index in [0.29, 0.717) is 6.42 Å². The fourth-order valence-corrected chi connectivity index (χ4v) is 2.70. The van der Waals surface area contributed by atoms with Gasteiger partial charge in [-0.3, -0.25) is 24.0 Å². The number of carboxylic acid groups (broad SMARTS) is 2. The van der Waals surface area contributed by atoms with Crippen molar-refractivity contribution in [1.82, 2.24) is 10.6 Å². The third-order valence-corrected chi connectivity index (χ3v) is 4.73. The summed E-state index contributed by atoms with van der Waals surface area (Å²) < 4.78 is 4.89. The number of hydrogen-bond acceptors (Lipinski definition) is 9. The minimum atomic E-state index is -1.29. The first-order valence-corrected chi connectivity index (χ1v) is 10.2. The lowest BCUT2D eigenvalue weighted by Gasteiger charge is -2.18. The molecule has 170 valence electrons. The van der Waals surface area contributed by atoms with Crippen LogP contribution in [0.1, 0.15) is 33.1 Å². The van der Waals surface area contributed by atoms with Crippen LogP contribution in [0.5, 0.6) is 0 Å². The molecule has 0 aromatic rings. The van der Waals surface area contributed by atoms with Gasteiger partial charge in [0.25, 0.3) is 0 Å². The Bertz CT molecular complexity index is 656. The standard InChI is InChI=1S/C17H27N3O9S/c1-3-9(2)29-17(28)12(21)8-30-7-11(15(25)19-6-14(23)24)20-13(22)5-4-10(18)16(26)27/h9-11H,3-8,18H2,1-2H3,(H,19,25)(H,20,22)(H,23,24)(H,26,27). The average molecular weight is 449 g/mol. The van der Waals surface area contributed by atoms with Crippen LogP contribution in [-0.4, -0.2) is 82.0 Å². The molecule has 12 nitrogen and oxygen atoms in total. The van der Waals surface area contributed by atoms with Crippen molar-refractivity contribution in [3.8, 4) is 0 Å². The molecule has 0 bridgehead atoms. The Morgan fingerprint density at radius 2 is 1.77 bits per heavy atom. The molecule has 0 aliphatic heterocycles. The number of carbonyl (C=O) groups excluding carboxylic acids is 4. The molecule has 2 amide bonds. The highest BCUT2D eigenvalue weighted by atomic mass is 32.2. The van der Waals surface area contributed by atoms with Crippen LogP contribution in [0.25, 0.3) is 0 Å². The summed E-state index contributed by atoms with van der Waals surface area (Å²) in [5.41, 5.74) is 5.31. The molecule has 0 rings (SSSR count). The second-order valence-corrected chi connectivity index (χ2v) is 7.31. The van der Waals surface area contributed by atoms with Crippen LogP contribution in [-0.2, 0) is 33.5 Å². The fourth-order valence-electron chi connectivity index (χ4n) is 1.81. The van der Waals surface area contributed by atoms with Crippen LogP contribution in [0.15, 0.2) is 0 Å². The lowest BCUT2D eigenvalue weighted by atomic mass is 10.1. The summed E-state index contributed by atoms with van der Waals surface area (Å²) in [5, 5.41) is 21.8. The van der Waals surface area contributed by atoms with Gasteiger partial charge in [-0.05, 0) is 19.8 Å². The number of nitrogens with one attached hydrogen (secondary N) is 2. The Labute approximate surface area is 177 Å². The normalized spacial score (nSPS) is 13.4. The highest BCUT2D eigenvalue weighted by Gasteiger charge is 2.24. The number of amides is 2. The Hall–Kier alpha value is -2.67. The first-order chi connectivity index (χ1) is 14.0. The zero-order valence-corrected chi connectivity index (χ0v) is 17.5. The minimum absolute atomic E-state index is 0.134. The highest BCUT2D eigenvalue weighted by Crippen LogP contribution is 2.07. The summed E-state index contributed by atoms with van der Waals surface area (Å²) in [5.74, 6) is -6.32. The van der Waals surface area contributed by atoms with Crippen LogP contribution in [0.2, 0.25) is 0 Å². The molecule has 3 unspecified atom stereocenters. The maximum absolute atomic E-state index is 12.1. The zero-order valence-electron chi connectivity index (χ0n) is 16.7. The molecule has 13 heteroatoms. The summed E-state index contributed by atoms with van der Waals surface area (Å²) in [6, 6.07) is -2.46. The largest absolute Gasteiger partial charge is 0.480 e. The van der Waals surface area contributed by atoms with Crippen molar-refractivity contribution >= 4 is 47.3 Å². The quantitative estimate of drug-likeness (QED) is 0.144. The number of ketones is 1. The number of carboxylic acids is 2. The SMILES string of the molecule is CCC(C)OC(=O)C(=O)CSCC(NC(=O)CCC(N)C(=O)O)C(=O)NCC(=O)O. The molecule has 0 radical (unpaired) electrons. The van der Waals surface area contributed by atoms with E-state index in [9.17, 15) is 28.8 Å². The predicted molar refractivity (Wildman–Crippen MR) is 106 cm³/mol. The number of esters is 1. The third-order valence-electron chi connectivity index (χ3n) is 3.69. The van der Waals surface area contributed by atoms with Gasteiger partial charge in [0.2, 0.25) is 17.6 Å². The molecule has 0 fully saturated rings. The molecule has 0 spiro atoms. The monoisotopic (exact) mass is 449 g/mol. The van der Waals surface area contributed by atoms with E-state index in [-0.39, 0.29) is 24.3 Å². The number of thioether (sulfide) groups is 1. The van der Waals surface area contributed by atoms with E-state index in [2.05, 4.69) is 10.6 Å². The van der Waals surface area contributed by atoms with Gasteiger partial charge >= 0.3 is 17.9 Å². The van der Waals surface area contributed by atoms with E-state index < -0.39 is 60.2 Å². The molecule has 0 aromatic carbocycles. The van der Waals surface area contributed by atoms with Crippen LogP contribution < -0.4 is 16.4 Å². The summed E-state index contributed by atoms with van der Waals surface area (Å²) in [6.45, 7) is 2.73. The molecule has 30 heavy (non-hydrogen) atoms. The minimum Gasteiger partial charge on any atom is -0.480 e. The summed E-state index contributed by atoms with van der Waals surface area (Å²) in [6.07, 6.45) is -0.327. The van der Waals surface area contributed by atoms with Gasteiger partial charge in [0.1, 0.15) is 18.6 Å². The number of aliphatic carboxylic acids is 2. The van der Waals surface area contributed by atoms with Gasteiger partial charge in [-0.2, -0.15) is 11.8 Å². The summed E-state index contributed by atoms with van der Waals surface area (Å²) in [4.78, 5) is 68.8. The number of hydrogen-bond donors (Lipinski definition) is 5. The smallest absolute Gasteiger partial charge is 0.375 e. The van der Waals surface area contributed by atoms with Crippen molar-refractivity contribution in [1.29, 1.82) is 0 Å². The van der Waals surface area contributed by atoms with Gasteiger partial charge in [0, 0.05) is 12.2 Å². The van der Waals surface area contributed by atoms with E-state index in [4.69, 9.17) is 20.7 Å². The number of Topliss-reactive ketones (excluding diaryl/α,β-unsaturated/α-hetero) is 1. The van der Waals surface area contributed by atoms with Gasteiger partial charge in [0.15, 0.2) is 0 Å². The Kier molecular flexibility index (Phi) is 13.1. The Morgan fingerprint density at radius 3 is 2.30 bits per heavy atom. The van der Waals surface area contributed by atoms with Crippen molar-refractivity contribution in [2.24, 2.45) is 5.73 Å². The third kappa shape index (κ3) is 12.0. The van der Waals surface area contributed by atoms with Gasteiger partial charge in [0.05, 0.1) is 11.9 Å². The van der Waals surface area contributed by atoms with Crippen molar-refractivity contribution in [2.75, 3.05) is 18.1 Å². The van der Waals surface area contributed by atoms with E-state index in [1.807, 2.05) is 0 Å². The van der Waals surface area contributed by atoms with Gasteiger partial charge in [-0.25, -0.2) is 4.79 Å². The molecular formula is C17H27N3O9S. The second-order valence-electron chi connectivity index (χ2n) is 6.28. The number of carbonyl (C=O) groups is 6. The Morgan fingerprint density at radius 1 is 1.13 bits per heavy atom. The van der Waals surface area contributed by atoms with Crippen LogP contribution in [0.4, 0.5) is 0 Å². The van der Waals surface area contributed by atoms with E-state index in [1.165, 1.54) is 0 Å². The summed E-state index contributed by atoms with van der Waals surface area (Å²) in [7, 11) is 0. The highest BCUT2D eigenvalue weighted by molar-refractivity contribution is 8.00. The van der Waals surface area contributed by atoms with E-state index in [0.717, 1.165) is 11.8 Å². The maximum Gasteiger partial charge on any atom is 0.375 e. The lowest BCUT2D eigenvalue weighted by molar-refractivity contribution is -0.156. The topological polar surface area (TPSA) is 202 Å². The van der Waals surface area contributed by atoms with Crippen molar-refractivity contribution in [2.45, 2.75) is 51.3 Å². The lowest BCUT2D eigenvalue weighted by Crippen LogP contribution is -2.49. The second kappa shape index (κ2) is 14.3. The summed E-state index contributed by atoms with van der Waals surface area (Å²) >= 11 is 0.874. The molecule has 0 aromatic heterocycles. The molecule has 0 saturated heterocycles. The zero-order chi connectivity index (χ0) is 23.3. The van der Waals surface area contributed by atoms with Gasteiger partial charge in [-0.15, -0.1) is 0 Å². The fraction of sp³-hybridized carbons (Fsp3) is 0.647. The van der Waals surface area contributed by atoms with Gasteiger partial charge < -0.3 is 31.3 Å². The Balaban J connectivity index is 4.77. The van der Waals surface area contributed by atoms with Crippen LogP contribution in [0.3, 0.4) is 0 Å². The van der Waals surface area contributed by atoms with E-state index >= 15 is 0 Å². The number of ether oxygens (including phenoxy) is 1. The van der Waals surface area contributed by atoms with Crippen molar-refractivity contribution in [3.63, 3.8) is 0 Å². The molecule has 3 atom stereocenters. The first kappa shape index (κ1) is 27.3. The molecular weight excluding hydrogens is 422 g/mol. The van der Waals surface area contributed by atoms with Crippen LogP contribution >= 0.6 is 11.8 Å². The molecule has 0 aliphatic rings. The van der Waals surface area contributed by atoms with Crippen LogP contribution in [0, 0.1) is 0 Å².